The van der Waals surface area contributed by atoms with Gasteiger partial charge in [0.15, 0.2) is 0 Å². The summed E-state index contributed by atoms with van der Waals surface area (Å²) in [6, 6.07) is 18.9. The van der Waals surface area contributed by atoms with E-state index >= 15 is 0 Å². The molecule has 0 radical (unpaired) electrons. The van der Waals surface area contributed by atoms with E-state index in [4.69, 9.17) is 5.11 Å². The van der Waals surface area contributed by atoms with Gasteiger partial charge in [-0.05, 0) is 66.3 Å². The molecule has 0 aliphatic carbocycles. The third-order valence-electron chi connectivity index (χ3n) is 6.84. The van der Waals surface area contributed by atoms with E-state index in [2.05, 4.69) is 10.3 Å². The number of carboxylic acid groups (broad SMARTS) is 1. The van der Waals surface area contributed by atoms with Crippen molar-refractivity contribution < 1.29 is 29.3 Å². The van der Waals surface area contributed by atoms with Gasteiger partial charge in [0, 0.05) is 35.9 Å². The third kappa shape index (κ3) is 8.26. The minimum atomic E-state index is -1.19. The molecule has 0 fully saturated rings. The van der Waals surface area contributed by atoms with Crippen LogP contribution in [0.25, 0.3) is 22.4 Å². The van der Waals surface area contributed by atoms with Crippen LogP contribution in [0, 0.1) is 5.82 Å². The first-order chi connectivity index (χ1) is 19.7. The maximum atomic E-state index is 14.0. The number of carbonyl (C=O) groups excluding carboxylic acids is 1. The number of carboxylic acids is 1. The van der Waals surface area contributed by atoms with E-state index in [9.17, 15) is 24.2 Å². The van der Waals surface area contributed by atoms with Gasteiger partial charge >= 0.3 is 43.7 Å². The number of aliphatic hydroxyl groups is 2. The minimum absolute atomic E-state index is 0. The van der Waals surface area contributed by atoms with Gasteiger partial charge in [-0.3, -0.25) is 14.6 Å². The Morgan fingerprint density at radius 3 is 2.17 bits per heavy atom. The molecule has 8 nitrogen and oxygen atoms in total. The van der Waals surface area contributed by atoms with Gasteiger partial charge in [-0.25, -0.2) is 4.39 Å². The Labute approximate surface area is 274 Å². The number of halogens is 1. The van der Waals surface area contributed by atoms with E-state index in [1.54, 1.807) is 36.7 Å². The summed E-state index contributed by atoms with van der Waals surface area (Å²) < 4.78 is 16.0. The third-order valence-corrected chi connectivity index (χ3v) is 6.84. The zero-order valence-electron chi connectivity index (χ0n) is 23.0. The van der Waals surface area contributed by atoms with Crippen LogP contribution in [0.5, 0.6) is 0 Å². The summed E-state index contributed by atoms with van der Waals surface area (Å²) in [4.78, 5) is 29.0. The molecule has 0 bridgehead atoms. The first kappa shape index (κ1) is 33.4. The van der Waals surface area contributed by atoms with Gasteiger partial charge in [0.05, 0.1) is 29.9 Å². The fraction of sp³-hybridized carbons (Fsp3) is 0.281. The van der Waals surface area contributed by atoms with Gasteiger partial charge in [-0.2, -0.15) is 0 Å². The molecule has 42 heavy (non-hydrogen) atoms. The van der Waals surface area contributed by atoms with Crippen molar-refractivity contribution in [1.82, 2.24) is 9.55 Å². The van der Waals surface area contributed by atoms with Gasteiger partial charge < -0.3 is 25.2 Å². The number of carbonyl (C=O) groups is 2. The van der Waals surface area contributed by atoms with Crippen molar-refractivity contribution in [2.45, 2.75) is 57.8 Å². The molecule has 0 saturated heterocycles. The number of benzene rings is 2. The van der Waals surface area contributed by atoms with Crippen LogP contribution >= 0.6 is 0 Å². The van der Waals surface area contributed by atoms with Crippen molar-refractivity contribution in [3.05, 3.63) is 96.2 Å². The molecule has 4 N–H and O–H groups in total. The van der Waals surface area contributed by atoms with Gasteiger partial charge in [-0.1, -0.05) is 44.2 Å². The predicted molar refractivity (Wildman–Crippen MR) is 164 cm³/mol. The molecule has 4 rings (SSSR count). The van der Waals surface area contributed by atoms with Crippen LogP contribution in [0.2, 0.25) is 0 Å². The standard InChI is InChI=1S/C32H34FN3O5.Ca.2H/c1-20(2)30-29(32(41)35-24-12-15-34-16-13-24)28(21-6-4-3-5-7-21)31(22-8-10-23(33)11-9-22)36(30)17-14-25(37)18-26(38)19-27(39)40;;;/h3-13,15-16,20,25-26,37-38H,14,17-19H2,1-2H3,(H,39,40)(H,34,35,41);;;/t25-,26-;;;/m1.../s1. The van der Waals surface area contributed by atoms with Crippen LogP contribution in [-0.4, -0.2) is 86.7 Å². The maximum absolute atomic E-state index is 14.0. The fourth-order valence-corrected chi connectivity index (χ4v) is 5.12. The molecular weight excluding hydrogens is 565 g/mol. The Balaban J connectivity index is 0.00000484. The van der Waals surface area contributed by atoms with Crippen molar-refractivity contribution in [2.75, 3.05) is 5.32 Å². The van der Waals surface area contributed by atoms with E-state index in [-0.39, 0.29) is 68.9 Å². The molecule has 2 atom stereocenters. The van der Waals surface area contributed by atoms with Crippen LogP contribution in [0.4, 0.5) is 10.1 Å². The van der Waals surface area contributed by atoms with E-state index < -0.39 is 30.4 Å². The Hall–Kier alpha value is -3.08. The summed E-state index contributed by atoms with van der Waals surface area (Å²) in [7, 11) is 0. The zero-order chi connectivity index (χ0) is 29.5. The number of hydrogen-bond acceptors (Lipinski definition) is 5. The quantitative estimate of drug-likeness (QED) is 0.173. The fourth-order valence-electron chi connectivity index (χ4n) is 5.12. The number of nitrogens with one attached hydrogen (secondary N) is 1. The Morgan fingerprint density at radius 2 is 1.57 bits per heavy atom. The van der Waals surface area contributed by atoms with Crippen LogP contribution in [0.15, 0.2) is 79.1 Å². The Morgan fingerprint density at radius 1 is 0.929 bits per heavy atom. The molecule has 0 aliphatic rings. The summed E-state index contributed by atoms with van der Waals surface area (Å²) in [6.07, 6.45) is 0.641. The van der Waals surface area contributed by atoms with Crippen molar-refractivity contribution in [1.29, 1.82) is 0 Å². The number of pyridine rings is 1. The molecule has 10 heteroatoms. The SMILES string of the molecule is CC(C)c1c(C(=O)Nc2ccncc2)c(-c2ccccc2)c(-c2ccc(F)cc2)n1CC[C@@H](O)C[C@@H](O)CC(=O)O.[CaH2]. The zero-order valence-corrected chi connectivity index (χ0v) is 23.0. The first-order valence-corrected chi connectivity index (χ1v) is 13.5. The number of aliphatic hydroxyl groups excluding tert-OH is 2. The summed E-state index contributed by atoms with van der Waals surface area (Å²) in [5.74, 6) is -1.98. The number of rotatable bonds is 12. The molecule has 0 unspecified atom stereocenters. The van der Waals surface area contributed by atoms with Gasteiger partial charge in [0.25, 0.3) is 5.91 Å². The molecule has 2 heterocycles. The van der Waals surface area contributed by atoms with Gasteiger partial charge in [0.1, 0.15) is 5.82 Å². The summed E-state index contributed by atoms with van der Waals surface area (Å²) >= 11 is 0. The summed E-state index contributed by atoms with van der Waals surface area (Å²) in [5.41, 5.74) is 4.62. The number of aliphatic carboxylic acids is 1. The number of hydrogen-bond donors (Lipinski definition) is 4. The number of aromatic nitrogens is 2. The number of anilines is 1. The van der Waals surface area contributed by atoms with E-state index in [1.165, 1.54) is 12.1 Å². The Kier molecular flexibility index (Phi) is 12.3. The van der Waals surface area contributed by atoms with Crippen molar-refractivity contribution in [3.8, 4) is 22.4 Å². The van der Waals surface area contributed by atoms with Crippen molar-refractivity contribution >= 4 is 55.3 Å². The summed E-state index contributed by atoms with van der Waals surface area (Å²) in [6.45, 7) is 4.22. The van der Waals surface area contributed by atoms with Crippen LogP contribution in [0.1, 0.15) is 55.1 Å². The second-order valence-electron chi connectivity index (χ2n) is 10.3. The van der Waals surface area contributed by atoms with E-state index in [0.29, 0.717) is 28.1 Å². The molecule has 0 spiro atoms. The first-order valence-electron chi connectivity index (χ1n) is 13.5. The second kappa shape index (κ2) is 15.4. The van der Waals surface area contributed by atoms with Crippen molar-refractivity contribution in [3.63, 3.8) is 0 Å². The normalized spacial score (nSPS) is 12.4. The molecule has 4 aromatic rings. The monoisotopic (exact) mass is 601 g/mol. The average molecular weight is 602 g/mol. The molecule has 218 valence electrons. The average Bonchev–Trinajstić information content (AvgIpc) is 3.28. The molecule has 2 aromatic heterocycles. The molecule has 0 aliphatic heterocycles. The van der Waals surface area contributed by atoms with Crippen LogP contribution in [-0.2, 0) is 11.3 Å². The topological polar surface area (TPSA) is 125 Å². The second-order valence-corrected chi connectivity index (χ2v) is 10.3. The van der Waals surface area contributed by atoms with Crippen molar-refractivity contribution in [2.24, 2.45) is 0 Å². The number of nitrogens with zero attached hydrogens (tertiary/aromatic N) is 2. The predicted octanol–water partition coefficient (Wildman–Crippen LogP) is 4.79. The molecule has 2 aromatic carbocycles. The molecular formula is C32H36CaFN3O5. The van der Waals surface area contributed by atoms with Crippen LogP contribution < -0.4 is 5.32 Å². The number of amides is 1. The van der Waals surface area contributed by atoms with E-state index in [1.807, 2.05) is 48.7 Å². The van der Waals surface area contributed by atoms with Gasteiger partial charge in [-0.15, -0.1) is 0 Å². The molecule has 0 saturated carbocycles. The Bertz CT molecular complexity index is 1480. The van der Waals surface area contributed by atoms with Crippen LogP contribution in [0.3, 0.4) is 0 Å². The van der Waals surface area contributed by atoms with Gasteiger partial charge in [0.2, 0.25) is 0 Å². The summed E-state index contributed by atoms with van der Waals surface area (Å²) in [5, 5.41) is 32.7. The van der Waals surface area contributed by atoms with E-state index in [0.717, 1.165) is 11.3 Å². The molecule has 1 amide bonds.